The molecule has 3 rings (SSSR count). The van der Waals surface area contributed by atoms with E-state index in [1.54, 1.807) is 13.1 Å². The second kappa shape index (κ2) is 9.87. The molecule has 0 bridgehead atoms. The topological polar surface area (TPSA) is 58.4 Å². The zero-order chi connectivity index (χ0) is 20.9. The van der Waals surface area contributed by atoms with Crippen LogP contribution in [0, 0.1) is 5.92 Å². The molecular formula is C22H34N4O2S. The average Bonchev–Trinajstić information content (AvgIpc) is 3.11. The molecule has 2 aromatic rings. The molecule has 1 unspecified atom stereocenters. The average molecular weight is 419 g/mol. The Hall–Kier alpha value is -1.70. The van der Waals surface area contributed by atoms with E-state index >= 15 is 0 Å². The molecule has 1 aliphatic rings. The maximum Gasteiger partial charge on any atom is 0.228 e. The van der Waals surface area contributed by atoms with Gasteiger partial charge >= 0.3 is 0 Å². The fourth-order valence-electron chi connectivity index (χ4n) is 4.20. The van der Waals surface area contributed by atoms with Crippen molar-refractivity contribution in [3.8, 4) is 0 Å². The molecule has 1 aromatic heterocycles. The Morgan fingerprint density at radius 2 is 1.97 bits per heavy atom. The van der Waals surface area contributed by atoms with E-state index in [0.717, 1.165) is 30.9 Å². The van der Waals surface area contributed by atoms with Gasteiger partial charge in [-0.25, -0.2) is 13.4 Å². The van der Waals surface area contributed by atoms with Crippen LogP contribution in [0.5, 0.6) is 0 Å². The zero-order valence-electron chi connectivity index (χ0n) is 17.9. The first-order valence-electron chi connectivity index (χ1n) is 10.6. The highest BCUT2D eigenvalue weighted by atomic mass is 32.2. The number of likely N-dealkylation sites (tertiary alicyclic amines) is 1. The quantitative estimate of drug-likeness (QED) is 0.627. The van der Waals surface area contributed by atoms with E-state index in [4.69, 9.17) is 0 Å². The van der Waals surface area contributed by atoms with Gasteiger partial charge in [-0.15, -0.1) is 0 Å². The van der Waals surface area contributed by atoms with Gasteiger partial charge in [0, 0.05) is 19.6 Å². The lowest BCUT2D eigenvalue weighted by atomic mass is 9.97. The van der Waals surface area contributed by atoms with E-state index in [2.05, 4.69) is 28.8 Å². The molecule has 0 saturated carbocycles. The van der Waals surface area contributed by atoms with Crippen molar-refractivity contribution in [1.82, 2.24) is 19.4 Å². The summed E-state index contributed by atoms with van der Waals surface area (Å²) in [5, 5.41) is 0.182. The van der Waals surface area contributed by atoms with E-state index in [1.165, 1.54) is 19.4 Å². The summed E-state index contributed by atoms with van der Waals surface area (Å²) < 4.78 is 27.1. The van der Waals surface area contributed by atoms with Crippen LogP contribution >= 0.6 is 0 Å². The van der Waals surface area contributed by atoms with Crippen LogP contribution in [0.4, 0.5) is 0 Å². The molecule has 0 amide bonds. The summed E-state index contributed by atoms with van der Waals surface area (Å²) in [5.74, 6) is 0.723. The Balaban J connectivity index is 1.77. The molecule has 6 nitrogen and oxygen atoms in total. The van der Waals surface area contributed by atoms with E-state index < -0.39 is 9.84 Å². The lowest BCUT2D eigenvalue weighted by molar-refractivity contribution is 0.145. The normalized spacial score (nSPS) is 18.4. The molecule has 29 heavy (non-hydrogen) atoms. The van der Waals surface area contributed by atoms with Crippen molar-refractivity contribution >= 4 is 9.84 Å². The zero-order valence-corrected chi connectivity index (χ0v) is 18.7. The summed E-state index contributed by atoms with van der Waals surface area (Å²) in [7, 11) is -1.25. The second-order valence-electron chi connectivity index (χ2n) is 8.11. The van der Waals surface area contributed by atoms with Crippen LogP contribution < -0.4 is 0 Å². The third-order valence-electron chi connectivity index (χ3n) is 5.80. The smallest absolute Gasteiger partial charge is 0.228 e. The minimum atomic E-state index is -3.38. The number of hydrogen-bond acceptors (Lipinski definition) is 5. The minimum Gasteiger partial charge on any atom is -0.313 e. The summed E-state index contributed by atoms with van der Waals surface area (Å²) >= 11 is 0. The Morgan fingerprint density at radius 3 is 2.66 bits per heavy atom. The van der Waals surface area contributed by atoms with Crippen molar-refractivity contribution in [3.63, 3.8) is 0 Å². The van der Waals surface area contributed by atoms with Gasteiger partial charge in [0.15, 0.2) is 0 Å². The highest BCUT2D eigenvalue weighted by Crippen LogP contribution is 2.20. The number of benzene rings is 1. The van der Waals surface area contributed by atoms with Gasteiger partial charge in [0.1, 0.15) is 0 Å². The van der Waals surface area contributed by atoms with Crippen LogP contribution in [0.1, 0.15) is 37.9 Å². The Morgan fingerprint density at radius 1 is 1.21 bits per heavy atom. The fraction of sp³-hybridized carbons (Fsp3) is 0.591. The van der Waals surface area contributed by atoms with Crippen molar-refractivity contribution in [2.45, 2.75) is 44.9 Å². The minimum absolute atomic E-state index is 0.0585. The Kier molecular flexibility index (Phi) is 7.49. The summed E-state index contributed by atoms with van der Waals surface area (Å²) in [6.45, 7) is 9.60. The predicted octanol–water partition coefficient (Wildman–Crippen LogP) is 2.89. The lowest BCUT2D eigenvalue weighted by Gasteiger charge is -2.34. The fourth-order valence-corrected chi connectivity index (χ4v) is 5.19. The van der Waals surface area contributed by atoms with Crippen molar-refractivity contribution in [3.05, 3.63) is 47.8 Å². The standard InChI is InChI=1S/C22H34N4O2S/c1-4-25-13-9-12-20(16-25)15-24(3)18-21-14-23-22(29(27,28)5-2)26(21)17-19-10-7-6-8-11-19/h6-8,10-11,14,20H,4-5,9,12-13,15-18H2,1-3H3. The van der Waals surface area contributed by atoms with Gasteiger partial charge in [-0.1, -0.05) is 44.2 Å². The molecule has 1 fully saturated rings. The molecule has 1 atom stereocenters. The number of hydrogen-bond donors (Lipinski definition) is 0. The highest BCUT2D eigenvalue weighted by molar-refractivity contribution is 7.91. The van der Waals surface area contributed by atoms with Crippen molar-refractivity contribution in [1.29, 1.82) is 0 Å². The Bertz CT molecular complexity index is 879. The van der Waals surface area contributed by atoms with Gasteiger partial charge in [0.2, 0.25) is 15.0 Å². The van der Waals surface area contributed by atoms with Crippen LogP contribution in [0.2, 0.25) is 0 Å². The first-order chi connectivity index (χ1) is 13.9. The van der Waals surface area contributed by atoms with Crippen molar-refractivity contribution in [2.75, 3.05) is 39.0 Å². The van der Waals surface area contributed by atoms with Crippen LogP contribution in [-0.4, -0.2) is 66.7 Å². The van der Waals surface area contributed by atoms with Gasteiger partial charge in [-0.05, 0) is 44.5 Å². The van der Waals surface area contributed by atoms with Crippen LogP contribution in [0.25, 0.3) is 0 Å². The molecule has 0 N–H and O–H groups in total. The van der Waals surface area contributed by atoms with Gasteiger partial charge < -0.3 is 14.4 Å². The predicted molar refractivity (Wildman–Crippen MR) is 117 cm³/mol. The van der Waals surface area contributed by atoms with E-state index in [9.17, 15) is 8.42 Å². The molecular weight excluding hydrogens is 384 g/mol. The second-order valence-corrected chi connectivity index (χ2v) is 10.3. The molecule has 1 aliphatic heterocycles. The molecule has 0 aliphatic carbocycles. The maximum atomic E-state index is 12.6. The molecule has 160 valence electrons. The monoisotopic (exact) mass is 418 g/mol. The van der Waals surface area contributed by atoms with E-state index in [0.29, 0.717) is 19.0 Å². The van der Waals surface area contributed by atoms with Gasteiger partial charge in [0.05, 0.1) is 24.2 Å². The van der Waals surface area contributed by atoms with Gasteiger partial charge in [0.25, 0.3) is 0 Å². The summed E-state index contributed by atoms with van der Waals surface area (Å²) in [5.41, 5.74) is 2.03. The molecule has 1 saturated heterocycles. The highest BCUT2D eigenvalue weighted by Gasteiger charge is 2.24. The first-order valence-corrected chi connectivity index (χ1v) is 12.3. The van der Waals surface area contributed by atoms with E-state index in [-0.39, 0.29) is 10.9 Å². The largest absolute Gasteiger partial charge is 0.313 e. The summed E-state index contributed by atoms with van der Waals surface area (Å²) in [6.07, 6.45) is 4.26. The lowest BCUT2D eigenvalue weighted by Crippen LogP contribution is -2.39. The number of imidazole rings is 1. The SMILES string of the molecule is CCN1CCCC(CN(C)Cc2cnc(S(=O)(=O)CC)n2Cc2ccccc2)C1. The number of piperidine rings is 1. The van der Waals surface area contributed by atoms with Crippen molar-refractivity contribution < 1.29 is 8.42 Å². The number of rotatable bonds is 9. The van der Waals surface area contributed by atoms with Crippen LogP contribution in [0.15, 0.2) is 41.7 Å². The number of aromatic nitrogens is 2. The third kappa shape index (κ3) is 5.68. The number of nitrogens with zero attached hydrogens (tertiary/aromatic N) is 4. The van der Waals surface area contributed by atoms with Gasteiger partial charge in [-0.3, -0.25) is 0 Å². The molecule has 1 aromatic carbocycles. The number of sulfone groups is 1. The molecule has 0 radical (unpaired) electrons. The summed E-state index contributed by atoms with van der Waals surface area (Å²) in [4.78, 5) is 9.15. The molecule has 7 heteroatoms. The first kappa shape index (κ1) is 22.0. The third-order valence-corrected chi connectivity index (χ3v) is 7.44. The van der Waals surface area contributed by atoms with E-state index in [1.807, 2.05) is 34.9 Å². The Labute approximate surface area is 175 Å². The van der Waals surface area contributed by atoms with Crippen LogP contribution in [0.3, 0.4) is 0 Å². The molecule has 0 spiro atoms. The summed E-state index contributed by atoms with van der Waals surface area (Å²) in [6, 6.07) is 9.98. The van der Waals surface area contributed by atoms with Crippen molar-refractivity contribution in [2.24, 2.45) is 5.92 Å². The van der Waals surface area contributed by atoms with Gasteiger partial charge in [-0.2, -0.15) is 0 Å². The molecule has 2 heterocycles. The maximum absolute atomic E-state index is 12.6. The van der Waals surface area contributed by atoms with Crippen LogP contribution in [-0.2, 0) is 22.9 Å².